The third kappa shape index (κ3) is 1.75. The summed E-state index contributed by atoms with van der Waals surface area (Å²) in [6.45, 7) is 2.02. The van der Waals surface area contributed by atoms with Crippen LogP contribution in [0.2, 0.25) is 0 Å². The number of ether oxygens (including phenoxy) is 1. The maximum atomic E-state index is 9.96. The van der Waals surface area contributed by atoms with Crippen LogP contribution in [0.3, 0.4) is 0 Å². The molecule has 2 heteroatoms. The van der Waals surface area contributed by atoms with Crippen molar-refractivity contribution in [2.45, 2.75) is 25.9 Å². The Morgan fingerprint density at radius 1 is 1.43 bits per heavy atom. The SMILES string of the molecule is COc1ccc([C@@H](O)C2CC2)c(C)c1. The van der Waals surface area contributed by atoms with E-state index >= 15 is 0 Å². The minimum atomic E-state index is -0.277. The van der Waals surface area contributed by atoms with E-state index in [1.807, 2.05) is 25.1 Å². The van der Waals surface area contributed by atoms with E-state index in [1.165, 1.54) is 0 Å². The zero-order valence-electron chi connectivity index (χ0n) is 8.66. The van der Waals surface area contributed by atoms with Crippen LogP contribution in [0.25, 0.3) is 0 Å². The Hall–Kier alpha value is -1.02. The predicted octanol–water partition coefficient (Wildman–Crippen LogP) is 2.45. The fraction of sp³-hybridized carbons (Fsp3) is 0.500. The van der Waals surface area contributed by atoms with E-state index in [2.05, 4.69) is 0 Å². The second kappa shape index (κ2) is 3.62. The lowest BCUT2D eigenvalue weighted by atomic mass is 10.00. The predicted molar refractivity (Wildman–Crippen MR) is 55.4 cm³/mol. The topological polar surface area (TPSA) is 29.5 Å². The number of aliphatic hydroxyl groups excluding tert-OH is 1. The first-order valence-electron chi connectivity index (χ1n) is 5.05. The van der Waals surface area contributed by atoms with Crippen molar-refractivity contribution in [2.75, 3.05) is 7.11 Å². The second-order valence-electron chi connectivity index (χ2n) is 4.00. The molecule has 2 rings (SSSR count). The second-order valence-corrected chi connectivity index (χ2v) is 4.00. The van der Waals surface area contributed by atoms with Crippen LogP contribution in [-0.4, -0.2) is 12.2 Å². The number of benzene rings is 1. The van der Waals surface area contributed by atoms with Crippen molar-refractivity contribution in [1.82, 2.24) is 0 Å². The zero-order chi connectivity index (χ0) is 10.1. The Kier molecular flexibility index (Phi) is 2.46. The van der Waals surface area contributed by atoms with Crippen molar-refractivity contribution in [3.63, 3.8) is 0 Å². The molecule has 14 heavy (non-hydrogen) atoms. The van der Waals surface area contributed by atoms with E-state index in [4.69, 9.17) is 4.74 Å². The van der Waals surface area contributed by atoms with Crippen LogP contribution in [0.4, 0.5) is 0 Å². The van der Waals surface area contributed by atoms with Crippen LogP contribution in [-0.2, 0) is 0 Å². The molecule has 0 radical (unpaired) electrons. The Labute approximate surface area is 84.5 Å². The molecule has 2 nitrogen and oxygen atoms in total. The Morgan fingerprint density at radius 2 is 2.14 bits per heavy atom. The summed E-state index contributed by atoms with van der Waals surface area (Å²) in [7, 11) is 1.66. The van der Waals surface area contributed by atoms with Crippen molar-refractivity contribution in [3.05, 3.63) is 29.3 Å². The average Bonchev–Trinajstić information content (AvgIpc) is 3.00. The molecule has 1 aliphatic carbocycles. The summed E-state index contributed by atoms with van der Waals surface area (Å²) in [5.41, 5.74) is 2.16. The highest BCUT2D eigenvalue weighted by atomic mass is 16.5. The molecule has 0 bridgehead atoms. The van der Waals surface area contributed by atoms with Gasteiger partial charge in [-0.25, -0.2) is 0 Å². The minimum Gasteiger partial charge on any atom is -0.497 e. The quantitative estimate of drug-likeness (QED) is 0.797. The van der Waals surface area contributed by atoms with E-state index in [9.17, 15) is 5.11 Å². The summed E-state index contributed by atoms with van der Waals surface area (Å²) in [6.07, 6.45) is 2.04. The number of aliphatic hydroxyl groups is 1. The highest BCUT2D eigenvalue weighted by Crippen LogP contribution is 2.42. The van der Waals surface area contributed by atoms with Crippen LogP contribution in [0, 0.1) is 12.8 Å². The maximum absolute atomic E-state index is 9.96. The molecule has 0 aromatic heterocycles. The van der Waals surface area contributed by atoms with Crippen LogP contribution in [0.5, 0.6) is 5.75 Å². The van der Waals surface area contributed by atoms with Gasteiger partial charge in [0.2, 0.25) is 0 Å². The Morgan fingerprint density at radius 3 is 2.64 bits per heavy atom. The van der Waals surface area contributed by atoms with E-state index < -0.39 is 0 Å². The van der Waals surface area contributed by atoms with E-state index in [-0.39, 0.29) is 6.10 Å². The third-order valence-corrected chi connectivity index (χ3v) is 2.86. The molecule has 0 aliphatic heterocycles. The monoisotopic (exact) mass is 192 g/mol. The molecule has 0 saturated heterocycles. The van der Waals surface area contributed by atoms with Gasteiger partial charge in [0, 0.05) is 0 Å². The van der Waals surface area contributed by atoms with Gasteiger partial charge in [-0.05, 0) is 48.9 Å². The summed E-state index contributed by atoms with van der Waals surface area (Å²) < 4.78 is 5.12. The normalized spacial score (nSPS) is 17.9. The van der Waals surface area contributed by atoms with Crippen molar-refractivity contribution in [3.8, 4) is 5.75 Å². The smallest absolute Gasteiger partial charge is 0.119 e. The van der Waals surface area contributed by atoms with Gasteiger partial charge in [-0.3, -0.25) is 0 Å². The summed E-state index contributed by atoms with van der Waals surface area (Å²) in [4.78, 5) is 0. The van der Waals surface area contributed by atoms with Crippen molar-refractivity contribution in [1.29, 1.82) is 0 Å². The van der Waals surface area contributed by atoms with Crippen molar-refractivity contribution < 1.29 is 9.84 Å². The molecule has 1 aromatic rings. The summed E-state index contributed by atoms with van der Waals surface area (Å²) in [5.74, 6) is 1.34. The van der Waals surface area contributed by atoms with Gasteiger partial charge in [-0.15, -0.1) is 0 Å². The standard InChI is InChI=1S/C12H16O2/c1-8-7-10(14-2)5-6-11(8)12(13)9-3-4-9/h5-7,9,12-13H,3-4H2,1-2H3/t12-/m0/s1. The van der Waals surface area contributed by atoms with Gasteiger partial charge in [0.15, 0.2) is 0 Å². The van der Waals surface area contributed by atoms with Crippen LogP contribution in [0.1, 0.15) is 30.1 Å². The lowest BCUT2D eigenvalue weighted by Crippen LogP contribution is -2.02. The maximum Gasteiger partial charge on any atom is 0.119 e. The van der Waals surface area contributed by atoms with Crippen LogP contribution >= 0.6 is 0 Å². The first-order chi connectivity index (χ1) is 6.72. The molecule has 1 N–H and O–H groups in total. The summed E-state index contributed by atoms with van der Waals surface area (Å²) in [6, 6.07) is 5.85. The van der Waals surface area contributed by atoms with E-state index in [0.717, 1.165) is 29.7 Å². The molecule has 0 heterocycles. The van der Waals surface area contributed by atoms with Gasteiger partial charge in [-0.1, -0.05) is 6.07 Å². The van der Waals surface area contributed by atoms with Crippen molar-refractivity contribution >= 4 is 0 Å². The largest absolute Gasteiger partial charge is 0.497 e. The molecule has 1 saturated carbocycles. The van der Waals surface area contributed by atoms with Crippen LogP contribution < -0.4 is 4.74 Å². The molecule has 1 fully saturated rings. The molecule has 1 atom stereocenters. The van der Waals surface area contributed by atoms with Gasteiger partial charge < -0.3 is 9.84 Å². The Balaban J connectivity index is 2.24. The summed E-state index contributed by atoms with van der Waals surface area (Å²) >= 11 is 0. The fourth-order valence-electron chi connectivity index (χ4n) is 1.77. The lowest BCUT2D eigenvalue weighted by Gasteiger charge is -2.13. The van der Waals surface area contributed by atoms with Gasteiger partial charge in [-0.2, -0.15) is 0 Å². The third-order valence-electron chi connectivity index (χ3n) is 2.86. The number of methoxy groups -OCH3 is 1. The number of rotatable bonds is 3. The molecule has 0 spiro atoms. The fourth-order valence-corrected chi connectivity index (χ4v) is 1.77. The first kappa shape index (κ1) is 9.53. The van der Waals surface area contributed by atoms with Gasteiger partial charge in [0.25, 0.3) is 0 Å². The molecule has 1 aliphatic rings. The summed E-state index contributed by atoms with van der Waals surface area (Å²) in [5, 5.41) is 9.96. The van der Waals surface area contributed by atoms with E-state index in [0.29, 0.717) is 5.92 Å². The molecule has 0 unspecified atom stereocenters. The van der Waals surface area contributed by atoms with Gasteiger partial charge in [0.05, 0.1) is 13.2 Å². The van der Waals surface area contributed by atoms with Crippen LogP contribution in [0.15, 0.2) is 18.2 Å². The highest BCUT2D eigenvalue weighted by Gasteiger charge is 2.31. The molecule has 0 amide bonds. The molecule has 76 valence electrons. The Bertz CT molecular complexity index is 329. The average molecular weight is 192 g/mol. The first-order valence-corrected chi connectivity index (χ1v) is 5.05. The van der Waals surface area contributed by atoms with Gasteiger partial charge in [0.1, 0.15) is 5.75 Å². The van der Waals surface area contributed by atoms with Crippen molar-refractivity contribution in [2.24, 2.45) is 5.92 Å². The minimum absolute atomic E-state index is 0.277. The number of hydrogen-bond donors (Lipinski definition) is 1. The van der Waals surface area contributed by atoms with E-state index in [1.54, 1.807) is 7.11 Å². The molecule has 1 aromatic carbocycles. The van der Waals surface area contributed by atoms with Gasteiger partial charge >= 0.3 is 0 Å². The highest BCUT2D eigenvalue weighted by molar-refractivity contribution is 5.36. The molecular weight excluding hydrogens is 176 g/mol. The number of hydrogen-bond acceptors (Lipinski definition) is 2. The lowest BCUT2D eigenvalue weighted by molar-refractivity contribution is 0.153. The number of aryl methyl sites for hydroxylation is 1. The zero-order valence-corrected chi connectivity index (χ0v) is 8.66. The molecular formula is C12H16O2.